The molecule has 0 spiro atoms. The molecule has 0 aliphatic rings. The summed E-state index contributed by atoms with van der Waals surface area (Å²) in [5.74, 6) is 0.311. The highest BCUT2D eigenvalue weighted by atomic mass is 16.5. The number of hydrogen-bond donors (Lipinski definition) is 0. The molecule has 0 saturated carbocycles. The van der Waals surface area contributed by atoms with E-state index >= 15 is 0 Å². The number of aryl methyl sites for hydroxylation is 1. The van der Waals surface area contributed by atoms with Crippen molar-refractivity contribution in [3.8, 4) is 35.0 Å². The molecule has 0 aliphatic heterocycles. The molecule has 3 aromatic rings. The second kappa shape index (κ2) is 18.3. The molecule has 0 unspecified atom stereocenters. The molecule has 0 fully saturated rings. The van der Waals surface area contributed by atoms with Crippen LogP contribution in [-0.2, 0) is 6.42 Å². The molecule has 7 heteroatoms. The summed E-state index contributed by atoms with van der Waals surface area (Å²) >= 11 is 0. The Morgan fingerprint density at radius 3 is 1.88 bits per heavy atom. The maximum absolute atomic E-state index is 12.9. The summed E-state index contributed by atoms with van der Waals surface area (Å²) in [6, 6.07) is 13.9. The number of ether oxygens (including phenoxy) is 2. The van der Waals surface area contributed by atoms with Crippen LogP contribution in [0.1, 0.15) is 118 Å². The van der Waals surface area contributed by atoms with E-state index in [4.69, 9.17) is 9.47 Å². The first-order valence-electron chi connectivity index (χ1n) is 15.3. The highest BCUT2D eigenvalue weighted by Gasteiger charge is 2.19. The molecule has 0 aliphatic carbocycles. The molecule has 0 N–H and O–H groups in total. The second-order valence-corrected chi connectivity index (χ2v) is 10.6. The molecule has 0 atom stereocenters. The molecule has 220 valence electrons. The largest absolute Gasteiger partial charge is 0.492 e. The van der Waals surface area contributed by atoms with Crippen LogP contribution in [0, 0.1) is 22.7 Å². The molecule has 0 saturated heterocycles. The van der Waals surface area contributed by atoms with Gasteiger partial charge in [-0.05, 0) is 49.1 Å². The second-order valence-electron chi connectivity index (χ2n) is 10.6. The van der Waals surface area contributed by atoms with Crippen LogP contribution in [0.5, 0.6) is 11.5 Å². The predicted molar refractivity (Wildman–Crippen MR) is 164 cm³/mol. The van der Waals surface area contributed by atoms with Gasteiger partial charge in [0.25, 0.3) is 0 Å². The summed E-state index contributed by atoms with van der Waals surface area (Å²) < 4.78 is 11.3. The average molecular weight is 567 g/mol. The minimum atomic E-state index is -0.627. The van der Waals surface area contributed by atoms with Crippen molar-refractivity contribution in [1.82, 2.24) is 9.97 Å². The molecular formula is C35H42N4O3. The number of benzene rings is 2. The van der Waals surface area contributed by atoms with E-state index in [0.29, 0.717) is 23.7 Å². The van der Waals surface area contributed by atoms with Gasteiger partial charge >= 0.3 is 5.97 Å². The van der Waals surface area contributed by atoms with Crippen LogP contribution in [0.25, 0.3) is 11.4 Å². The van der Waals surface area contributed by atoms with Crippen molar-refractivity contribution in [2.75, 3.05) is 6.61 Å². The lowest BCUT2D eigenvalue weighted by molar-refractivity contribution is 0.0734. The Labute approximate surface area is 250 Å². The Morgan fingerprint density at radius 1 is 0.714 bits per heavy atom. The fourth-order valence-corrected chi connectivity index (χ4v) is 4.71. The summed E-state index contributed by atoms with van der Waals surface area (Å²) in [4.78, 5) is 21.9. The van der Waals surface area contributed by atoms with Crippen molar-refractivity contribution >= 4 is 5.97 Å². The lowest BCUT2D eigenvalue weighted by Gasteiger charge is -2.12. The number of unbranched alkanes of at least 4 members (excludes halogenated alkanes) is 10. The fraction of sp³-hybridized carbons (Fsp3) is 0.457. The monoisotopic (exact) mass is 566 g/mol. The first-order chi connectivity index (χ1) is 20.6. The van der Waals surface area contributed by atoms with E-state index in [-0.39, 0.29) is 16.9 Å². The molecule has 1 aromatic heterocycles. The molecule has 1 heterocycles. The third-order valence-corrected chi connectivity index (χ3v) is 7.21. The van der Waals surface area contributed by atoms with E-state index in [9.17, 15) is 15.3 Å². The number of aromatic nitrogens is 2. The molecule has 7 nitrogen and oxygen atoms in total. The lowest BCUT2D eigenvalue weighted by Crippen LogP contribution is -2.10. The van der Waals surface area contributed by atoms with Crippen molar-refractivity contribution in [3.05, 3.63) is 71.0 Å². The predicted octanol–water partition coefficient (Wildman–Crippen LogP) is 8.75. The molecule has 0 bridgehead atoms. The molecule has 0 radical (unpaired) electrons. The smallest absolute Gasteiger partial charge is 0.343 e. The minimum Gasteiger partial charge on any atom is -0.492 e. The minimum absolute atomic E-state index is 0.0163. The zero-order valence-electron chi connectivity index (χ0n) is 25.0. The van der Waals surface area contributed by atoms with Gasteiger partial charge < -0.3 is 9.47 Å². The van der Waals surface area contributed by atoms with Crippen molar-refractivity contribution in [2.45, 2.75) is 97.3 Å². The molecule has 0 amide bonds. The Hall–Kier alpha value is -4.23. The van der Waals surface area contributed by atoms with Crippen LogP contribution in [0.3, 0.4) is 0 Å². The van der Waals surface area contributed by atoms with Gasteiger partial charge in [-0.1, -0.05) is 90.2 Å². The van der Waals surface area contributed by atoms with E-state index < -0.39 is 5.97 Å². The number of rotatable bonds is 18. The third kappa shape index (κ3) is 10.00. The van der Waals surface area contributed by atoms with Crippen molar-refractivity contribution < 1.29 is 14.3 Å². The number of hydrogen-bond acceptors (Lipinski definition) is 7. The number of carbonyl (C=O) groups is 1. The lowest BCUT2D eigenvalue weighted by atomic mass is 10.1. The normalized spacial score (nSPS) is 10.6. The summed E-state index contributed by atoms with van der Waals surface area (Å²) in [7, 11) is 0. The van der Waals surface area contributed by atoms with Gasteiger partial charge in [0.2, 0.25) is 0 Å². The number of carbonyl (C=O) groups excluding carboxylic acids is 1. The van der Waals surface area contributed by atoms with Crippen molar-refractivity contribution in [1.29, 1.82) is 10.5 Å². The van der Waals surface area contributed by atoms with Gasteiger partial charge in [0.1, 0.15) is 29.0 Å². The van der Waals surface area contributed by atoms with Crippen LogP contribution in [0.2, 0.25) is 0 Å². The highest BCUT2D eigenvalue weighted by Crippen LogP contribution is 2.30. The van der Waals surface area contributed by atoms with Gasteiger partial charge in [-0.25, -0.2) is 14.8 Å². The van der Waals surface area contributed by atoms with Crippen LogP contribution in [-0.4, -0.2) is 22.5 Å². The van der Waals surface area contributed by atoms with E-state index in [1.807, 2.05) is 24.5 Å². The fourth-order valence-electron chi connectivity index (χ4n) is 4.71. The molecule has 2 aromatic carbocycles. The van der Waals surface area contributed by atoms with Crippen LogP contribution < -0.4 is 9.47 Å². The zero-order valence-corrected chi connectivity index (χ0v) is 25.0. The van der Waals surface area contributed by atoms with Crippen LogP contribution in [0.15, 0.2) is 48.8 Å². The third-order valence-electron chi connectivity index (χ3n) is 7.21. The maximum atomic E-state index is 12.9. The van der Waals surface area contributed by atoms with Gasteiger partial charge in [0, 0.05) is 18.0 Å². The van der Waals surface area contributed by atoms with E-state index in [1.54, 1.807) is 30.3 Å². The standard InChI is InChI=1S/C35H42N4O3/c1-3-5-7-9-11-13-15-27-25-38-34(39-26-27)28-16-18-29(19-17-28)35(40)42-33-21-20-32(30(23-36)31(33)24-37)41-22-14-12-10-8-6-4-2/h16-21,25-26H,3-15,22H2,1-2H3. The van der Waals surface area contributed by atoms with E-state index in [2.05, 4.69) is 23.8 Å². The number of nitrogens with zero attached hydrogens (tertiary/aromatic N) is 4. The van der Waals surface area contributed by atoms with Gasteiger partial charge in [0.15, 0.2) is 11.6 Å². The van der Waals surface area contributed by atoms with Gasteiger partial charge in [-0.15, -0.1) is 0 Å². The zero-order chi connectivity index (χ0) is 30.0. The van der Waals surface area contributed by atoms with Gasteiger partial charge in [-0.3, -0.25) is 0 Å². The summed E-state index contributed by atoms with van der Waals surface area (Å²) in [6.07, 6.45) is 18.9. The van der Waals surface area contributed by atoms with E-state index in [1.165, 1.54) is 57.4 Å². The van der Waals surface area contributed by atoms with Crippen molar-refractivity contribution in [3.63, 3.8) is 0 Å². The quantitative estimate of drug-likeness (QED) is 0.0860. The summed E-state index contributed by atoms with van der Waals surface area (Å²) in [5.41, 5.74) is 2.27. The molecular weight excluding hydrogens is 524 g/mol. The first kappa shape index (κ1) is 32.3. The number of nitriles is 2. The highest BCUT2D eigenvalue weighted by molar-refractivity contribution is 5.92. The average Bonchev–Trinajstić information content (AvgIpc) is 3.02. The topological polar surface area (TPSA) is 109 Å². The Bertz CT molecular complexity index is 1340. The Balaban J connectivity index is 1.57. The van der Waals surface area contributed by atoms with Gasteiger partial charge in [-0.2, -0.15) is 10.5 Å². The summed E-state index contributed by atoms with van der Waals surface area (Å²) in [5, 5.41) is 19.5. The van der Waals surface area contributed by atoms with Crippen molar-refractivity contribution in [2.24, 2.45) is 0 Å². The summed E-state index contributed by atoms with van der Waals surface area (Å²) in [6.45, 7) is 4.87. The molecule has 42 heavy (non-hydrogen) atoms. The Kier molecular flexibility index (Phi) is 14.0. The Morgan fingerprint density at radius 2 is 1.26 bits per heavy atom. The molecule has 3 rings (SSSR count). The van der Waals surface area contributed by atoms with Crippen LogP contribution >= 0.6 is 0 Å². The first-order valence-corrected chi connectivity index (χ1v) is 15.3. The number of esters is 1. The van der Waals surface area contributed by atoms with Gasteiger partial charge in [0.05, 0.1) is 12.2 Å². The van der Waals surface area contributed by atoms with Crippen LogP contribution in [0.4, 0.5) is 0 Å². The van der Waals surface area contributed by atoms with E-state index in [0.717, 1.165) is 43.2 Å². The maximum Gasteiger partial charge on any atom is 0.343 e. The SMILES string of the molecule is CCCCCCCCOc1ccc(OC(=O)c2ccc(-c3ncc(CCCCCCCC)cn3)cc2)c(C#N)c1C#N.